The summed E-state index contributed by atoms with van der Waals surface area (Å²) < 4.78 is 22.8. The van der Waals surface area contributed by atoms with Gasteiger partial charge in [0.25, 0.3) is 0 Å². The van der Waals surface area contributed by atoms with Crippen molar-refractivity contribution < 1.29 is 24.1 Å². The number of aromatic hydroxyl groups is 1. The molecule has 3 heterocycles. The van der Waals surface area contributed by atoms with Crippen LogP contribution >= 0.6 is 0 Å². The van der Waals surface area contributed by atoms with E-state index in [1.54, 1.807) is 9.47 Å². The highest BCUT2D eigenvalue weighted by Gasteiger charge is 2.51. The number of carboxylic acid groups (broad SMARTS) is 1. The lowest BCUT2D eigenvalue weighted by molar-refractivity contribution is 0.0126. The zero-order chi connectivity index (χ0) is 21.4. The Morgan fingerprint density at radius 3 is 2.70 bits per heavy atom. The molecule has 2 aliphatic heterocycles. The number of benzene rings is 1. The highest BCUT2D eigenvalue weighted by molar-refractivity contribution is 6.03. The van der Waals surface area contributed by atoms with Gasteiger partial charge in [0, 0.05) is 44.4 Å². The van der Waals surface area contributed by atoms with Gasteiger partial charge >= 0.3 is 5.97 Å². The average molecular weight is 418 g/mol. The number of phenols is 1. The van der Waals surface area contributed by atoms with Crippen molar-refractivity contribution in [3.63, 3.8) is 0 Å². The first-order valence-corrected chi connectivity index (χ1v) is 10.00. The standard InChI is InChI=1S/C20H23FN4O5/c21-13-14(23)12-15(25(10-1-2-10)6-11(17(12)26)19(28)29)18(27)16(13)24-5-9-3-4-30-20(9,7-22)8-24/h6,9-10,27H,1-5,7-8,22-23H2,(H,28,29). The number of nitrogens with two attached hydrogens (primary N) is 2. The number of hydrogen-bond acceptors (Lipinski definition) is 7. The van der Waals surface area contributed by atoms with Crippen LogP contribution in [0.3, 0.4) is 0 Å². The number of carboxylic acids is 1. The second-order valence-corrected chi connectivity index (χ2v) is 8.45. The number of fused-ring (bicyclic) bond motifs is 2. The molecule has 0 spiro atoms. The van der Waals surface area contributed by atoms with E-state index in [2.05, 4.69) is 0 Å². The summed E-state index contributed by atoms with van der Waals surface area (Å²) in [7, 11) is 0. The third-order valence-electron chi connectivity index (χ3n) is 6.73. The summed E-state index contributed by atoms with van der Waals surface area (Å²) in [5.41, 5.74) is 9.47. The van der Waals surface area contributed by atoms with Crippen LogP contribution in [-0.2, 0) is 4.74 Å². The molecule has 2 aromatic rings. The molecule has 2 atom stereocenters. The van der Waals surface area contributed by atoms with Crippen LogP contribution in [-0.4, -0.2) is 52.6 Å². The van der Waals surface area contributed by atoms with Gasteiger partial charge in [-0.25, -0.2) is 9.18 Å². The number of aromatic nitrogens is 1. The maximum atomic E-state index is 15.4. The number of anilines is 2. The number of rotatable bonds is 4. The molecule has 1 aromatic carbocycles. The lowest BCUT2D eigenvalue weighted by atomic mass is 9.91. The predicted molar refractivity (Wildman–Crippen MR) is 108 cm³/mol. The largest absolute Gasteiger partial charge is 0.504 e. The van der Waals surface area contributed by atoms with Gasteiger partial charge in [0.1, 0.15) is 16.9 Å². The Balaban J connectivity index is 1.76. The maximum absolute atomic E-state index is 15.4. The fourth-order valence-electron chi connectivity index (χ4n) is 4.99. The minimum Gasteiger partial charge on any atom is -0.504 e. The number of hydrogen-bond donors (Lipinski definition) is 4. The molecule has 3 aliphatic rings. The average Bonchev–Trinajstić information content (AvgIpc) is 3.38. The molecule has 2 saturated heterocycles. The first-order valence-electron chi connectivity index (χ1n) is 10.00. The summed E-state index contributed by atoms with van der Waals surface area (Å²) in [6, 6.07) is -0.0773. The van der Waals surface area contributed by atoms with Crippen molar-refractivity contribution in [2.75, 3.05) is 36.9 Å². The molecule has 1 aromatic heterocycles. The second-order valence-electron chi connectivity index (χ2n) is 8.45. The number of carbonyl (C=O) groups is 1. The molecule has 0 amide bonds. The summed E-state index contributed by atoms with van der Waals surface area (Å²) in [5, 5.41) is 20.2. The number of pyridine rings is 1. The van der Waals surface area contributed by atoms with Crippen LogP contribution in [0.25, 0.3) is 10.9 Å². The van der Waals surface area contributed by atoms with Crippen LogP contribution < -0.4 is 21.8 Å². The van der Waals surface area contributed by atoms with Crippen molar-refractivity contribution in [1.29, 1.82) is 0 Å². The van der Waals surface area contributed by atoms with Crippen molar-refractivity contribution in [3.05, 3.63) is 27.8 Å². The molecule has 30 heavy (non-hydrogen) atoms. The SMILES string of the molecule is NCC12CN(c3c(F)c(N)c4c(=O)c(C(=O)O)cn(C5CC5)c4c3O)CC1CCO2. The van der Waals surface area contributed by atoms with E-state index in [9.17, 15) is 19.8 Å². The van der Waals surface area contributed by atoms with Gasteiger partial charge in [0.05, 0.1) is 16.6 Å². The lowest BCUT2D eigenvalue weighted by Gasteiger charge is -2.28. The van der Waals surface area contributed by atoms with Crippen LogP contribution in [0, 0.1) is 11.7 Å². The summed E-state index contributed by atoms with van der Waals surface area (Å²) in [5.74, 6) is -2.67. The Bertz CT molecular complexity index is 1140. The van der Waals surface area contributed by atoms with Crippen molar-refractivity contribution in [3.8, 4) is 5.75 Å². The smallest absolute Gasteiger partial charge is 0.341 e. The maximum Gasteiger partial charge on any atom is 0.341 e. The van der Waals surface area contributed by atoms with Crippen LogP contribution in [0.15, 0.2) is 11.0 Å². The van der Waals surface area contributed by atoms with Crippen molar-refractivity contribution in [1.82, 2.24) is 4.57 Å². The van der Waals surface area contributed by atoms with Gasteiger partial charge in [-0.2, -0.15) is 0 Å². The van der Waals surface area contributed by atoms with Crippen LogP contribution in [0.5, 0.6) is 5.75 Å². The Hall–Kier alpha value is -2.85. The van der Waals surface area contributed by atoms with Gasteiger partial charge in [-0.05, 0) is 19.3 Å². The van der Waals surface area contributed by atoms with Crippen LogP contribution in [0.1, 0.15) is 35.7 Å². The van der Waals surface area contributed by atoms with E-state index in [1.807, 2.05) is 0 Å². The molecule has 5 rings (SSSR count). The molecule has 0 bridgehead atoms. The zero-order valence-electron chi connectivity index (χ0n) is 16.2. The lowest BCUT2D eigenvalue weighted by Crippen LogP contribution is -2.44. The molecule has 160 valence electrons. The number of aromatic carboxylic acids is 1. The molecule has 6 N–H and O–H groups in total. The second kappa shape index (κ2) is 6.32. The predicted octanol–water partition coefficient (Wildman–Crippen LogP) is 1.02. The molecule has 9 nitrogen and oxygen atoms in total. The van der Waals surface area contributed by atoms with Crippen molar-refractivity contribution in [2.24, 2.45) is 11.7 Å². The minimum absolute atomic E-state index is 0.0705. The molecule has 3 fully saturated rings. The number of phenolic OH excluding ortho intramolecular Hbond substituents is 1. The van der Waals surface area contributed by atoms with Crippen molar-refractivity contribution >= 4 is 28.2 Å². The normalized spacial score (nSPS) is 25.8. The summed E-state index contributed by atoms with van der Waals surface area (Å²) in [6.45, 7) is 1.59. The van der Waals surface area contributed by atoms with E-state index >= 15 is 4.39 Å². The molecule has 1 aliphatic carbocycles. The Kier molecular flexibility index (Phi) is 4.03. The molecule has 2 unspecified atom stereocenters. The third-order valence-corrected chi connectivity index (χ3v) is 6.73. The Morgan fingerprint density at radius 2 is 2.10 bits per heavy atom. The van der Waals surface area contributed by atoms with E-state index in [-0.39, 0.29) is 35.1 Å². The van der Waals surface area contributed by atoms with Gasteiger partial charge in [0.15, 0.2) is 11.6 Å². The summed E-state index contributed by atoms with van der Waals surface area (Å²) >= 11 is 0. The summed E-state index contributed by atoms with van der Waals surface area (Å²) in [6.07, 6.45) is 3.53. The van der Waals surface area contributed by atoms with Crippen LogP contribution in [0.4, 0.5) is 15.8 Å². The third kappa shape index (κ3) is 2.46. The highest BCUT2D eigenvalue weighted by Crippen LogP contribution is 2.48. The molecule has 0 radical (unpaired) electrons. The first-order chi connectivity index (χ1) is 14.3. The van der Waals surface area contributed by atoms with Gasteiger partial charge < -0.3 is 35.9 Å². The van der Waals surface area contributed by atoms with Gasteiger partial charge in [0.2, 0.25) is 5.43 Å². The van der Waals surface area contributed by atoms with Crippen molar-refractivity contribution in [2.45, 2.75) is 30.9 Å². The molecule has 10 heteroatoms. The van der Waals surface area contributed by atoms with Gasteiger partial charge in [-0.3, -0.25) is 4.79 Å². The number of nitrogen functional groups attached to an aromatic ring is 1. The van der Waals surface area contributed by atoms with Gasteiger partial charge in [-0.15, -0.1) is 0 Å². The van der Waals surface area contributed by atoms with E-state index < -0.39 is 39.8 Å². The van der Waals surface area contributed by atoms with Gasteiger partial charge in [-0.1, -0.05) is 0 Å². The minimum atomic E-state index is -1.42. The summed E-state index contributed by atoms with van der Waals surface area (Å²) in [4.78, 5) is 26.0. The molecule has 1 saturated carbocycles. The topological polar surface area (TPSA) is 144 Å². The van der Waals surface area contributed by atoms with E-state index in [0.717, 1.165) is 19.3 Å². The number of halogens is 1. The van der Waals surface area contributed by atoms with E-state index in [4.69, 9.17) is 16.2 Å². The van der Waals surface area contributed by atoms with Crippen LogP contribution in [0.2, 0.25) is 0 Å². The molecular formula is C20H23FN4O5. The Labute approximate surface area is 170 Å². The number of ether oxygens (including phenoxy) is 1. The first kappa shape index (κ1) is 19.1. The fourth-order valence-corrected chi connectivity index (χ4v) is 4.99. The fraction of sp³-hybridized carbons (Fsp3) is 0.500. The van der Waals surface area contributed by atoms with E-state index in [1.165, 1.54) is 6.20 Å². The zero-order valence-corrected chi connectivity index (χ0v) is 16.2. The monoisotopic (exact) mass is 418 g/mol. The quantitative estimate of drug-likeness (QED) is 0.425. The van der Waals surface area contributed by atoms with E-state index in [0.29, 0.717) is 19.7 Å². The highest BCUT2D eigenvalue weighted by atomic mass is 19.1. The molecular weight excluding hydrogens is 395 g/mol. The Morgan fingerprint density at radius 1 is 1.37 bits per heavy atom. The number of nitrogens with zero attached hydrogens (tertiary/aromatic N) is 2.